The van der Waals surface area contributed by atoms with Gasteiger partial charge < -0.3 is 24.5 Å². The molecule has 0 aliphatic carbocycles. The molecule has 6 rings (SSSR count). The fourth-order valence-corrected chi connectivity index (χ4v) is 4.43. The number of nitrogens with zero attached hydrogens (tertiary/aromatic N) is 3. The highest BCUT2D eigenvalue weighted by molar-refractivity contribution is 5.93. The Kier molecular flexibility index (Phi) is 6.41. The van der Waals surface area contributed by atoms with Crippen molar-refractivity contribution in [1.29, 1.82) is 0 Å². The molecule has 3 aromatic carbocycles. The molecular weight excluding hydrogens is 513 g/mol. The summed E-state index contributed by atoms with van der Waals surface area (Å²) in [5.41, 5.74) is 2.62. The second-order valence-electron chi connectivity index (χ2n) is 8.76. The third-order valence-corrected chi connectivity index (χ3v) is 6.38. The maximum Gasteiger partial charge on any atom is 0.230 e. The first-order valence-electron chi connectivity index (χ1n) is 12.2. The first-order valence-corrected chi connectivity index (χ1v) is 12.2. The van der Waals surface area contributed by atoms with E-state index in [4.69, 9.17) is 14.2 Å². The Morgan fingerprint density at radius 1 is 0.875 bits per heavy atom. The SMILES string of the molecule is COc1cc2ncnc(Oc3ccc(Nc4nccc5[nH]cc(-c6ccccc6)c(=O)c45)cc3F)c2cc1OC. The Balaban J connectivity index is 1.33. The molecular formula is C30H22FN5O4. The summed E-state index contributed by atoms with van der Waals surface area (Å²) >= 11 is 0. The summed E-state index contributed by atoms with van der Waals surface area (Å²) in [6.45, 7) is 0. The molecule has 0 spiro atoms. The number of H-pyrrole nitrogens is 1. The van der Waals surface area contributed by atoms with Crippen molar-refractivity contribution < 1.29 is 18.6 Å². The number of nitrogens with one attached hydrogen (secondary N) is 2. The fraction of sp³-hybridized carbons (Fsp3) is 0.0667. The van der Waals surface area contributed by atoms with Crippen LogP contribution in [0.5, 0.6) is 23.1 Å². The number of hydrogen-bond acceptors (Lipinski definition) is 8. The summed E-state index contributed by atoms with van der Waals surface area (Å²) in [5.74, 6) is 0.723. The van der Waals surface area contributed by atoms with Crippen LogP contribution in [-0.2, 0) is 0 Å². The first-order chi connectivity index (χ1) is 19.6. The number of halogens is 1. The van der Waals surface area contributed by atoms with Crippen molar-refractivity contribution >= 4 is 33.3 Å². The van der Waals surface area contributed by atoms with Gasteiger partial charge in [-0.15, -0.1) is 0 Å². The minimum atomic E-state index is -0.642. The number of aromatic nitrogens is 4. The molecule has 0 aliphatic rings. The highest BCUT2D eigenvalue weighted by atomic mass is 19.1. The quantitative estimate of drug-likeness (QED) is 0.248. The van der Waals surface area contributed by atoms with Gasteiger partial charge in [-0.1, -0.05) is 30.3 Å². The van der Waals surface area contributed by atoms with E-state index in [-0.39, 0.29) is 17.1 Å². The van der Waals surface area contributed by atoms with Crippen molar-refractivity contribution in [3.05, 3.63) is 101 Å². The highest BCUT2D eigenvalue weighted by Gasteiger charge is 2.16. The second-order valence-corrected chi connectivity index (χ2v) is 8.76. The third-order valence-electron chi connectivity index (χ3n) is 6.38. The summed E-state index contributed by atoms with van der Waals surface area (Å²) in [4.78, 5) is 29.4. The van der Waals surface area contributed by atoms with E-state index in [9.17, 15) is 4.79 Å². The Morgan fingerprint density at radius 2 is 1.68 bits per heavy atom. The minimum Gasteiger partial charge on any atom is -0.493 e. The van der Waals surface area contributed by atoms with Crippen LogP contribution < -0.4 is 25.0 Å². The molecule has 0 saturated carbocycles. The molecule has 3 aromatic heterocycles. The predicted octanol–water partition coefficient (Wildman–Crippen LogP) is 6.23. The van der Waals surface area contributed by atoms with Gasteiger partial charge in [0.05, 0.1) is 36.0 Å². The number of methoxy groups -OCH3 is 2. The van der Waals surface area contributed by atoms with E-state index in [1.54, 1.807) is 36.7 Å². The molecule has 0 amide bonds. The van der Waals surface area contributed by atoms with E-state index in [1.807, 2.05) is 30.3 Å². The van der Waals surface area contributed by atoms with Crippen LogP contribution in [-0.4, -0.2) is 34.2 Å². The lowest BCUT2D eigenvalue weighted by atomic mass is 10.1. The lowest BCUT2D eigenvalue weighted by molar-refractivity contribution is 0.355. The zero-order valence-electron chi connectivity index (χ0n) is 21.4. The molecule has 0 bridgehead atoms. The van der Waals surface area contributed by atoms with Gasteiger partial charge >= 0.3 is 0 Å². The number of aromatic amines is 1. The lowest BCUT2D eigenvalue weighted by Crippen LogP contribution is -2.10. The van der Waals surface area contributed by atoms with Crippen molar-refractivity contribution in [3.8, 4) is 34.3 Å². The van der Waals surface area contributed by atoms with Crippen LogP contribution in [0.3, 0.4) is 0 Å². The summed E-state index contributed by atoms with van der Waals surface area (Å²) in [7, 11) is 3.04. The first kappa shape index (κ1) is 24.8. The topological polar surface area (TPSA) is 111 Å². The predicted molar refractivity (Wildman–Crippen MR) is 150 cm³/mol. The summed E-state index contributed by atoms with van der Waals surface area (Å²) in [6.07, 6.45) is 4.57. The van der Waals surface area contributed by atoms with Gasteiger partial charge in [-0.25, -0.2) is 19.3 Å². The van der Waals surface area contributed by atoms with Crippen LogP contribution in [0.1, 0.15) is 0 Å². The molecule has 10 heteroatoms. The molecule has 0 radical (unpaired) electrons. The zero-order chi connectivity index (χ0) is 27.6. The number of hydrogen-bond donors (Lipinski definition) is 2. The van der Waals surface area contributed by atoms with Gasteiger partial charge in [0.1, 0.15) is 12.1 Å². The molecule has 9 nitrogen and oxygen atoms in total. The molecule has 0 unspecified atom stereocenters. The van der Waals surface area contributed by atoms with E-state index in [2.05, 4.69) is 25.3 Å². The Bertz CT molecular complexity index is 1930. The Hall–Kier alpha value is -5.51. The second kappa shape index (κ2) is 10.3. The number of anilines is 2. The standard InChI is InChI=1S/C30H22FN5O4/c1-38-25-13-19-23(14-26(25)39-2)34-16-35-30(19)40-24-9-8-18(12-21(24)31)36-29-27-22(10-11-32-29)33-15-20(28(27)37)17-6-4-3-5-7-17/h3-16H,1-2H3,(H,32,36)(H,33,37). The van der Waals surface area contributed by atoms with Gasteiger partial charge in [-0.3, -0.25) is 4.79 Å². The van der Waals surface area contributed by atoms with E-state index in [1.165, 1.54) is 32.7 Å². The number of fused-ring (bicyclic) bond motifs is 2. The molecule has 6 aromatic rings. The minimum absolute atomic E-state index is 0.0459. The van der Waals surface area contributed by atoms with Crippen molar-refractivity contribution in [1.82, 2.24) is 19.9 Å². The smallest absolute Gasteiger partial charge is 0.230 e. The lowest BCUT2D eigenvalue weighted by Gasteiger charge is -2.13. The Labute approximate surface area is 227 Å². The average Bonchev–Trinajstić information content (AvgIpc) is 2.98. The van der Waals surface area contributed by atoms with Crippen LogP contribution in [0.15, 0.2) is 90.2 Å². The molecule has 40 heavy (non-hydrogen) atoms. The van der Waals surface area contributed by atoms with Crippen LogP contribution >= 0.6 is 0 Å². The molecule has 0 atom stereocenters. The Morgan fingerprint density at radius 3 is 2.45 bits per heavy atom. The van der Waals surface area contributed by atoms with Crippen LogP contribution in [0.2, 0.25) is 0 Å². The number of pyridine rings is 2. The molecule has 198 valence electrons. The summed E-state index contributed by atoms with van der Waals surface area (Å²) in [6, 6.07) is 18.8. The number of benzene rings is 3. The van der Waals surface area contributed by atoms with E-state index in [0.29, 0.717) is 50.4 Å². The molecule has 0 fully saturated rings. The van der Waals surface area contributed by atoms with Gasteiger partial charge in [0, 0.05) is 35.8 Å². The third kappa shape index (κ3) is 4.51. The van der Waals surface area contributed by atoms with Gasteiger partial charge in [0.15, 0.2) is 23.1 Å². The van der Waals surface area contributed by atoms with Crippen LogP contribution in [0, 0.1) is 5.82 Å². The van der Waals surface area contributed by atoms with E-state index in [0.717, 1.165) is 5.56 Å². The maximum atomic E-state index is 15.2. The number of rotatable bonds is 7. The van der Waals surface area contributed by atoms with Gasteiger partial charge in [0.25, 0.3) is 0 Å². The van der Waals surface area contributed by atoms with Crippen molar-refractivity contribution in [2.75, 3.05) is 19.5 Å². The van der Waals surface area contributed by atoms with Gasteiger partial charge in [-0.05, 0) is 29.8 Å². The van der Waals surface area contributed by atoms with Crippen molar-refractivity contribution in [3.63, 3.8) is 0 Å². The van der Waals surface area contributed by atoms with E-state index < -0.39 is 5.82 Å². The van der Waals surface area contributed by atoms with Crippen LogP contribution in [0.25, 0.3) is 32.9 Å². The average molecular weight is 536 g/mol. The summed E-state index contributed by atoms with van der Waals surface area (Å²) in [5, 5.41) is 3.96. The summed E-state index contributed by atoms with van der Waals surface area (Å²) < 4.78 is 31.8. The monoisotopic (exact) mass is 535 g/mol. The fourth-order valence-electron chi connectivity index (χ4n) is 4.43. The number of ether oxygens (including phenoxy) is 3. The van der Waals surface area contributed by atoms with Gasteiger partial charge in [-0.2, -0.15) is 0 Å². The maximum absolute atomic E-state index is 15.2. The van der Waals surface area contributed by atoms with Crippen molar-refractivity contribution in [2.45, 2.75) is 0 Å². The largest absolute Gasteiger partial charge is 0.493 e. The molecule has 0 aliphatic heterocycles. The zero-order valence-corrected chi connectivity index (χ0v) is 21.4. The van der Waals surface area contributed by atoms with E-state index >= 15 is 4.39 Å². The van der Waals surface area contributed by atoms with Gasteiger partial charge in [0.2, 0.25) is 11.3 Å². The molecule has 3 heterocycles. The highest BCUT2D eigenvalue weighted by Crippen LogP contribution is 2.36. The van der Waals surface area contributed by atoms with Crippen molar-refractivity contribution in [2.24, 2.45) is 0 Å². The molecule has 0 saturated heterocycles. The normalized spacial score (nSPS) is 11.0. The molecule has 2 N–H and O–H groups in total. The van der Waals surface area contributed by atoms with Crippen LogP contribution in [0.4, 0.5) is 15.9 Å².